The fraction of sp³-hybridized carbons (Fsp3) is 0.588. The summed E-state index contributed by atoms with van der Waals surface area (Å²) in [6, 6.07) is 4.81. The van der Waals surface area contributed by atoms with Crippen LogP contribution in [0.3, 0.4) is 0 Å². The van der Waals surface area contributed by atoms with Crippen molar-refractivity contribution >= 4 is 5.91 Å². The molecule has 2 nitrogen and oxygen atoms in total. The summed E-state index contributed by atoms with van der Waals surface area (Å²) in [6.07, 6.45) is -3.08. The molecule has 0 aliphatic carbocycles. The summed E-state index contributed by atoms with van der Waals surface area (Å²) < 4.78 is 38.6. The molecule has 0 radical (unpaired) electrons. The van der Waals surface area contributed by atoms with Gasteiger partial charge in [0.1, 0.15) is 0 Å². The van der Waals surface area contributed by atoms with Gasteiger partial charge in [-0.1, -0.05) is 39.8 Å². The van der Waals surface area contributed by atoms with Crippen molar-refractivity contribution in [2.24, 2.45) is 11.8 Å². The number of benzene rings is 1. The Morgan fingerprint density at radius 1 is 1.23 bits per heavy atom. The van der Waals surface area contributed by atoms with Crippen molar-refractivity contribution in [3.8, 4) is 0 Å². The van der Waals surface area contributed by atoms with Gasteiger partial charge in [-0.25, -0.2) is 0 Å². The number of hydrogen-bond acceptors (Lipinski definition) is 1. The standard InChI is InChI=1S/C17H24F3NO/c1-5-12(4)16(22)21-15(9-11(2)3)13-7-6-8-14(10-13)17(18,19)20/h6-8,10-12,15H,5,9H2,1-4H3,(H,21,22). The van der Waals surface area contributed by atoms with E-state index in [2.05, 4.69) is 5.32 Å². The summed E-state index contributed by atoms with van der Waals surface area (Å²) in [4.78, 5) is 12.1. The summed E-state index contributed by atoms with van der Waals surface area (Å²) in [5.74, 6) is -0.0113. The molecule has 0 bridgehead atoms. The van der Waals surface area contributed by atoms with Crippen molar-refractivity contribution in [2.75, 3.05) is 0 Å². The smallest absolute Gasteiger partial charge is 0.349 e. The lowest BCUT2D eigenvalue weighted by atomic mass is 9.94. The maximum absolute atomic E-state index is 12.9. The second-order valence-electron chi connectivity index (χ2n) is 6.12. The van der Waals surface area contributed by atoms with Crippen molar-refractivity contribution in [1.29, 1.82) is 0 Å². The van der Waals surface area contributed by atoms with E-state index in [9.17, 15) is 18.0 Å². The molecule has 1 N–H and O–H groups in total. The van der Waals surface area contributed by atoms with Gasteiger partial charge in [-0.2, -0.15) is 13.2 Å². The average molecular weight is 315 g/mol. The van der Waals surface area contributed by atoms with Gasteiger partial charge in [0, 0.05) is 5.92 Å². The molecule has 1 amide bonds. The summed E-state index contributed by atoms with van der Waals surface area (Å²) in [5, 5.41) is 2.89. The first-order valence-electron chi connectivity index (χ1n) is 7.62. The Morgan fingerprint density at radius 3 is 2.36 bits per heavy atom. The van der Waals surface area contributed by atoms with Crippen LogP contribution in [0.5, 0.6) is 0 Å². The van der Waals surface area contributed by atoms with Crippen LogP contribution in [-0.2, 0) is 11.0 Å². The van der Waals surface area contributed by atoms with Gasteiger partial charge >= 0.3 is 6.18 Å². The van der Waals surface area contributed by atoms with E-state index in [4.69, 9.17) is 0 Å². The minimum absolute atomic E-state index is 0.120. The van der Waals surface area contributed by atoms with Gasteiger partial charge in [-0.05, 0) is 36.5 Å². The van der Waals surface area contributed by atoms with Crippen LogP contribution in [0, 0.1) is 11.8 Å². The molecule has 124 valence electrons. The minimum atomic E-state index is -4.38. The van der Waals surface area contributed by atoms with Crippen LogP contribution in [0.25, 0.3) is 0 Å². The molecule has 0 aliphatic heterocycles. The second kappa shape index (κ2) is 7.65. The molecule has 0 saturated carbocycles. The summed E-state index contributed by atoms with van der Waals surface area (Å²) >= 11 is 0. The quantitative estimate of drug-likeness (QED) is 0.790. The largest absolute Gasteiger partial charge is 0.416 e. The molecule has 2 atom stereocenters. The number of alkyl halides is 3. The molecule has 5 heteroatoms. The van der Waals surface area contributed by atoms with Crippen LogP contribution >= 0.6 is 0 Å². The normalized spacial score (nSPS) is 14.7. The van der Waals surface area contributed by atoms with Crippen molar-refractivity contribution in [2.45, 2.75) is 52.8 Å². The Morgan fingerprint density at radius 2 is 1.86 bits per heavy atom. The fourth-order valence-corrected chi connectivity index (χ4v) is 2.18. The van der Waals surface area contributed by atoms with Crippen molar-refractivity contribution < 1.29 is 18.0 Å². The van der Waals surface area contributed by atoms with E-state index in [1.54, 1.807) is 6.07 Å². The zero-order valence-corrected chi connectivity index (χ0v) is 13.5. The topological polar surface area (TPSA) is 29.1 Å². The van der Waals surface area contributed by atoms with E-state index in [0.717, 1.165) is 12.1 Å². The molecule has 2 unspecified atom stereocenters. The summed E-state index contributed by atoms with van der Waals surface area (Å²) in [6.45, 7) is 7.69. The van der Waals surface area contributed by atoms with Crippen molar-refractivity contribution in [3.05, 3.63) is 35.4 Å². The molecule has 1 rings (SSSR count). The predicted octanol–water partition coefficient (Wildman–Crippen LogP) is 4.95. The first-order valence-corrected chi connectivity index (χ1v) is 7.62. The van der Waals surface area contributed by atoms with E-state index in [1.165, 1.54) is 6.07 Å². The van der Waals surface area contributed by atoms with Gasteiger partial charge in [0.2, 0.25) is 5.91 Å². The fourth-order valence-electron chi connectivity index (χ4n) is 2.18. The zero-order valence-electron chi connectivity index (χ0n) is 13.5. The third kappa shape index (κ3) is 5.35. The SMILES string of the molecule is CCC(C)C(=O)NC(CC(C)C)c1cccc(C(F)(F)F)c1. The Bertz CT molecular complexity index is 497. The Kier molecular flexibility index (Phi) is 6.45. The van der Waals surface area contributed by atoms with Gasteiger partial charge in [-0.15, -0.1) is 0 Å². The van der Waals surface area contributed by atoms with Gasteiger partial charge in [0.15, 0.2) is 0 Å². The maximum atomic E-state index is 12.9. The lowest BCUT2D eigenvalue weighted by Crippen LogP contribution is -2.33. The number of amides is 1. The third-order valence-electron chi connectivity index (χ3n) is 3.70. The van der Waals surface area contributed by atoms with Gasteiger partial charge in [-0.3, -0.25) is 4.79 Å². The highest BCUT2D eigenvalue weighted by atomic mass is 19.4. The van der Waals surface area contributed by atoms with Gasteiger partial charge < -0.3 is 5.32 Å². The van der Waals surface area contributed by atoms with Crippen molar-refractivity contribution in [3.63, 3.8) is 0 Å². The number of carbonyl (C=O) groups is 1. The average Bonchev–Trinajstić information content (AvgIpc) is 2.44. The van der Waals surface area contributed by atoms with Crippen LogP contribution in [0.15, 0.2) is 24.3 Å². The predicted molar refractivity (Wildman–Crippen MR) is 81.2 cm³/mol. The molecule has 1 aromatic rings. The Labute approximate surface area is 130 Å². The van der Waals surface area contributed by atoms with Crippen LogP contribution < -0.4 is 5.32 Å². The molecular formula is C17H24F3NO. The maximum Gasteiger partial charge on any atom is 0.416 e. The molecule has 0 heterocycles. The molecule has 1 aromatic carbocycles. The first-order chi connectivity index (χ1) is 10.1. The highest BCUT2D eigenvalue weighted by Gasteiger charge is 2.31. The zero-order chi connectivity index (χ0) is 16.9. The lowest BCUT2D eigenvalue weighted by molar-refractivity contribution is -0.137. The number of halogens is 3. The Hall–Kier alpha value is -1.52. The molecular weight excluding hydrogens is 291 g/mol. The Balaban J connectivity index is 3.04. The number of hydrogen-bond donors (Lipinski definition) is 1. The van der Waals surface area contributed by atoms with E-state index < -0.39 is 17.8 Å². The highest BCUT2D eigenvalue weighted by Crippen LogP contribution is 2.32. The second-order valence-corrected chi connectivity index (χ2v) is 6.12. The third-order valence-corrected chi connectivity index (χ3v) is 3.70. The molecule has 22 heavy (non-hydrogen) atoms. The van der Waals surface area contributed by atoms with E-state index in [1.807, 2.05) is 27.7 Å². The lowest BCUT2D eigenvalue weighted by Gasteiger charge is -2.23. The molecule has 0 saturated heterocycles. The number of rotatable bonds is 6. The van der Waals surface area contributed by atoms with Gasteiger partial charge in [0.25, 0.3) is 0 Å². The van der Waals surface area contributed by atoms with Crippen molar-refractivity contribution in [1.82, 2.24) is 5.32 Å². The van der Waals surface area contributed by atoms with Crippen LogP contribution in [0.1, 0.15) is 57.7 Å². The molecule has 0 spiro atoms. The van der Waals surface area contributed by atoms with Gasteiger partial charge in [0.05, 0.1) is 11.6 Å². The minimum Gasteiger partial charge on any atom is -0.349 e. The molecule has 0 aliphatic rings. The highest BCUT2D eigenvalue weighted by molar-refractivity contribution is 5.78. The summed E-state index contributed by atoms with van der Waals surface area (Å²) in [5.41, 5.74) is -0.184. The van der Waals surface area contributed by atoms with E-state index in [0.29, 0.717) is 18.4 Å². The number of carbonyl (C=O) groups excluding carboxylic acids is 1. The van der Waals surface area contributed by atoms with Crippen LogP contribution in [-0.4, -0.2) is 5.91 Å². The monoisotopic (exact) mass is 315 g/mol. The van der Waals surface area contributed by atoms with Crippen LogP contribution in [0.4, 0.5) is 13.2 Å². The first kappa shape index (κ1) is 18.5. The number of nitrogens with one attached hydrogen (secondary N) is 1. The van der Waals surface area contributed by atoms with E-state index in [-0.39, 0.29) is 17.7 Å². The van der Waals surface area contributed by atoms with E-state index >= 15 is 0 Å². The van der Waals surface area contributed by atoms with Crippen LogP contribution in [0.2, 0.25) is 0 Å². The summed E-state index contributed by atoms with van der Waals surface area (Å²) in [7, 11) is 0. The molecule has 0 fully saturated rings. The molecule has 0 aromatic heterocycles.